The van der Waals surface area contributed by atoms with Crippen molar-refractivity contribution in [3.05, 3.63) is 58.4 Å². The van der Waals surface area contributed by atoms with Crippen molar-refractivity contribution in [2.24, 2.45) is 0 Å². The summed E-state index contributed by atoms with van der Waals surface area (Å²) in [5.74, 6) is -0.854. The molecular formula is C18H14F3N3O2. The second-order valence-electron chi connectivity index (χ2n) is 5.86. The molecule has 1 aliphatic rings. The van der Waals surface area contributed by atoms with Gasteiger partial charge in [0, 0.05) is 6.20 Å². The van der Waals surface area contributed by atoms with Crippen molar-refractivity contribution < 1.29 is 22.7 Å². The zero-order valence-corrected chi connectivity index (χ0v) is 13.7. The number of pyridine rings is 1. The molecule has 3 rings (SSSR count). The third-order valence-corrected chi connectivity index (χ3v) is 4.27. The average molecular weight is 361 g/mol. The van der Waals surface area contributed by atoms with Crippen LogP contribution in [0.3, 0.4) is 0 Å². The van der Waals surface area contributed by atoms with Gasteiger partial charge in [-0.05, 0) is 42.2 Å². The molecule has 1 aromatic carbocycles. The minimum atomic E-state index is -4.57. The quantitative estimate of drug-likeness (QED) is 0.909. The normalized spacial score (nSPS) is 15.9. The first-order valence-corrected chi connectivity index (χ1v) is 7.78. The van der Waals surface area contributed by atoms with Gasteiger partial charge >= 0.3 is 6.18 Å². The Kier molecular flexibility index (Phi) is 4.55. The Morgan fingerprint density at radius 1 is 1.38 bits per heavy atom. The number of rotatable bonds is 3. The lowest BCUT2D eigenvalue weighted by Crippen LogP contribution is -2.28. The van der Waals surface area contributed by atoms with Gasteiger partial charge < -0.3 is 10.1 Å². The van der Waals surface area contributed by atoms with Crippen LogP contribution in [-0.2, 0) is 12.6 Å². The van der Waals surface area contributed by atoms with Crippen LogP contribution in [0.2, 0.25) is 0 Å². The molecule has 1 atom stereocenters. The highest BCUT2D eigenvalue weighted by Gasteiger charge is 2.33. The Morgan fingerprint density at radius 3 is 2.81 bits per heavy atom. The number of nitrogens with zero attached hydrogens (tertiary/aromatic N) is 2. The molecule has 1 amide bonds. The molecule has 0 unspecified atom stereocenters. The standard InChI is InChI=1S/C18H14F3N3O2/c1-26-15-7-12(18(19,20)21)9-23-16(15)17(25)24-14-5-3-11-6-10(8-22)2-4-13(11)14/h2,4,6-7,9,14H,3,5H2,1H3,(H,24,25)/t14-/m1/s1. The van der Waals surface area contributed by atoms with Gasteiger partial charge in [0.05, 0.1) is 30.3 Å². The van der Waals surface area contributed by atoms with Crippen LogP contribution in [0, 0.1) is 11.3 Å². The van der Waals surface area contributed by atoms with Gasteiger partial charge in [0.1, 0.15) is 0 Å². The maximum Gasteiger partial charge on any atom is 0.418 e. The maximum atomic E-state index is 12.8. The molecule has 0 bridgehead atoms. The fourth-order valence-electron chi connectivity index (χ4n) is 2.99. The number of carbonyl (C=O) groups is 1. The summed E-state index contributed by atoms with van der Waals surface area (Å²) in [7, 11) is 1.18. The Labute approximate surface area is 147 Å². The predicted molar refractivity (Wildman–Crippen MR) is 85.5 cm³/mol. The summed E-state index contributed by atoms with van der Waals surface area (Å²) < 4.78 is 43.2. The number of amides is 1. The minimum Gasteiger partial charge on any atom is -0.494 e. The van der Waals surface area contributed by atoms with Gasteiger partial charge in [-0.2, -0.15) is 18.4 Å². The van der Waals surface area contributed by atoms with E-state index in [4.69, 9.17) is 10.00 Å². The van der Waals surface area contributed by atoms with Gasteiger partial charge in [0.15, 0.2) is 11.4 Å². The molecule has 0 saturated heterocycles. The Morgan fingerprint density at radius 2 is 2.15 bits per heavy atom. The van der Waals surface area contributed by atoms with E-state index in [1.165, 1.54) is 7.11 Å². The summed E-state index contributed by atoms with van der Waals surface area (Å²) >= 11 is 0. The summed E-state index contributed by atoms with van der Waals surface area (Å²) in [5.41, 5.74) is 1.22. The van der Waals surface area contributed by atoms with Gasteiger partial charge in [-0.3, -0.25) is 4.79 Å². The number of ether oxygens (including phenoxy) is 1. The third kappa shape index (κ3) is 3.33. The third-order valence-electron chi connectivity index (χ3n) is 4.27. The monoisotopic (exact) mass is 361 g/mol. The van der Waals surface area contributed by atoms with Crippen LogP contribution in [0.1, 0.15) is 45.2 Å². The highest BCUT2D eigenvalue weighted by molar-refractivity contribution is 5.95. The lowest BCUT2D eigenvalue weighted by atomic mass is 10.1. The molecule has 2 aromatic rings. The molecule has 0 aliphatic heterocycles. The number of hydrogen-bond donors (Lipinski definition) is 1. The molecule has 1 aliphatic carbocycles. The number of methoxy groups -OCH3 is 1. The zero-order valence-electron chi connectivity index (χ0n) is 13.7. The first-order chi connectivity index (χ1) is 12.3. The second kappa shape index (κ2) is 6.67. The summed E-state index contributed by atoms with van der Waals surface area (Å²) in [6.07, 6.45) is -2.62. The summed E-state index contributed by atoms with van der Waals surface area (Å²) in [6, 6.07) is 7.75. The number of aryl methyl sites for hydroxylation is 1. The molecule has 5 nitrogen and oxygen atoms in total. The highest BCUT2D eigenvalue weighted by Crippen LogP contribution is 2.34. The summed E-state index contributed by atoms with van der Waals surface area (Å²) in [4.78, 5) is 16.1. The van der Waals surface area contributed by atoms with Crippen molar-refractivity contribution in [2.45, 2.75) is 25.1 Å². The van der Waals surface area contributed by atoms with E-state index in [9.17, 15) is 18.0 Å². The number of benzene rings is 1. The summed E-state index contributed by atoms with van der Waals surface area (Å²) in [5, 5.41) is 11.7. The Bertz CT molecular complexity index is 904. The van der Waals surface area contributed by atoms with Crippen LogP contribution >= 0.6 is 0 Å². The number of nitrogens with one attached hydrogen (secondary N) is 1. The number of aromatic nitrogens is 1. The van der Waals surface area contributed by atoms with Crippen LogP contribution in [0.15, 0.2) is 30.5 Å². The van der Waals surface area contributed by atoms with Crippen molar-refractivity contribution in [2.75, 3.05) is 7.11 Å². The van der Waals surface area contributed by atoms with E-state index in [0.29, 0.717) is 24.6 Å². The number of carbonyl (C=O) groups excluding carboxylic acids is 1. The molecular weight excluding hydrogens is 347 g/mol. The molecule has 26 heavy (non-hydrogen) atoms. The van der Waals surface area contributed by atoms with Crippen molar-refractivity contribution in [1.82, 2.24) is 10.3 Å². The van der Waals surface area contributed by atoms with E-state index in [-0.39, 0.29) is 17.5 Å². The summed E-state index contributed by atoms with van der Waals surface area (Å²) in [6.45, 7) is 0. The van der Waals surface area contributed by atoms with E-state index in [0.717, 1.165) is 17.2 Å². The van der Waals surface area contributed by atoms with Crippen molar-refractivity contribution in [1.29, 1.82) is 5.26 Å². The number of halogens is 3. The van der Waals surface area contributed by atoms with Gasteiger partial charge in [0.2, 0.25) is 0 Å². The fraction of sp³-hybridized carbons (Fsp3) is 0.278. The van der Waals surface area contributed by atoms with Crippen LogP contribution < -0.4 is 10.1 Å². The zero-order chi connectivity index (χ0) is 18.9. The molecule has 1 heterocycles. The van der Waals surface area contributed by atoms with Crippen molar-refractivity contribution in [3.63, 3.8) is 0 Å². The average Bonchev–Trinajstić information content (AvgIpc) is 3.02. The second-order valence-corrected chi connectivity index (χ2v) is 5.86. The number of hydrogen-bond acceptors (Lipinski definition) is 4. The van der Waals surface area contributed by atoms with E-state index < -0.39 is 17.6 Å². The lowest BCUT2D eigenvalue weighted by molar-refractivity contribution is -0.137. The largest absolute Gasteiger partial charge is 0.494 e. The SMILES string of the molecule is COc1cc(C(F)(F)F)cnc1C(=O)N[C@@H]1CCc2cc(C#N)ccc21. The van der Waals surface area contributed by atoms with Gasteiger partial charge in [-0.15, -0.1) is 0 Å². The van der Waals surface area contributed by atoms with Crippen LogP contribution in [0.5, 0.6) is 5.75 Å². The van der Waals surface area contributed by atoms with Crippen LogP contribution in [0.4, 0.5) is 13.2 Å². The molecule has 0 saturated carbocycles. The topological polar surface area (TPSA) is 75.0 Å². The molecule has 8 heteroatoms. The molecule has 1 N–H and O–H groups in total. The lowest BCUT2D eigenvalue weighted by Gasteiger charge is -2.16. The van der Waals surface area contributed by atoms with Gasteiger partial charge in [-0.1, -0.05) is 6.07 Å². The van der Waals surface area contributed by atoms with Gasteiger partial charge in [-0.25, -0.2) is 4.98 Å². The molecule has 1 aromatic heterocycles. The smallest absolute Gasteiger partial charge is 0.418 e. The van der Waals surface area contributed by atoms with E-state index in [1.54, 1.807) is 18.2 Å². The van der Waals surface area contributed by atoms with Crippen molar-refractivity contribution in [3.8, 4) is 11.8 Å². The fourth-order valence-corrected chi connectivity index (χ4v) is 2.99. The molecule has 0 radical (unpaired) electrons. The van der Waals surface area contributed by atoms with E-state index >= 15 is 0 Å². The molecule has 0 spiro atoms. The maximum absolute atomic E-state index is 12.8. The highest BCUT2D eigenvalue weighted by atomic mass is 19.4. The number of fused-ring (bicyclic) bond motifs is 1. The molecule has 0 fully saturated rings. The van der Waals surface area contributed by atoms with Crippen molar-refractivity contribution >= 4 is 5.91 Å². The Balaban J connectivity index is 1.83. The van der Waals surface area contributed by atoms with Crippen LogP contribution in [0.25, 0.3) is 0 Å². The number of alkyl halides is 3. The first kappa shape index (κ1) is 17.7. The van der Waals surface area contributed by atoms with Gasteiger partial charge in [0.25, 0.3) is 5.91 Å². The Hall–Kier alpha value is -3.08. The predicted octanol–water partition coefficient (Wildman–Crippen LogP) is 3.40. The van der Waals surface area contributed by atoms with Crippen LogP contribution in [-0.4, -0.2) is 18.0 Å². The van der Waals surface area contributed by atoms with E-state index in [1.807, 2.05) is 0 Å². The first-order valence-electron chi connectivity index (χ1n) is 7.78. The minimum absolute atomic E-state index is 0.206. The van der Waals surface area contributed by atoms with E-state index in [2.05, 4.69) is 16.4 Å². The molecule has 134 valence electrons. The number of nitriles is 1.